The van der Waals surface area contributed by atoms with Crippen molar-refractivity contribution < 1.29 is 9.59 Å². The maximum absolute atomic E-state index is 12.1. The second-order valence-electron chi connectivity index (χ2n) is 6.45. The van der Waals surface area contributed by atoms with Crippen LogP contribution in [0.5, 0.6) is 0 Å². The molecule has 0 aromatic rings. The third kappa shape index (κ3) is 7.64. The van der Waals surface area contributed by atoms with Crippen molar-refractivity contribution in [1.29, 1.82) is 0 Å². The van der Waals surface area contributed by atoms with Gasteiger partial charge in [-0.3, -0.25) is 9.59 Å². The molecule has 0 unspecified atom stereocenters. The Balaban J connectivity index is 4.62. The van der Waals surface area contributed by atoms with Gasteiger partial charge in [0, 0.05) is 19.5 Å². The zero-order valence-corrected chi connectivity index (χ0v) is 15.0. The lowest BCUT2D eigenvalue weighted by atomic mass is 9.98. The van der Waals surface area contributed by atoms with E-state index in [9.17, 15) is 9.59 Å². The molecular weight excluding hydrogens is 280 g/mol. The number of carbonyl (C=O) groups is 2. The smallest absolute Gasteiger partial charge is 0.249 e. The van der Waals surface area contributed by atoms with Crippen molar-refractivity contribution in [2.45, 2.75) is 71.9 Å². The van der Waals surface area contributed by atoms with Gasteiger partial charge in [0.05, 0.1) is 0 Å². The van der Waals surface area contributed by atoms with Crippen LogP contribution in [-0.2, 0) is 9.59 Å². The fraction of sp³-hybridized carbons (Fsp3) is 0.875. The number of nitrogens with one attached hydrogen (secondary N) is 2. The van der Waals surface area contributed by atoms with E-state index in [1.54, 1.807) is 27.7 Å². The zero-order chi connectivity index (χ0) is 17.2. The Kier molecular flexibility index (Phi) is 9.09. The van der Waals surface area contributed by atoms with Crippen LogP contribution in [0, 0.1) is 0 Å². The molecule has 0 aliphatic rings. The third-order valence-corrected chi connectivity index (χ3v) is 3.38. The van der Waals surface area contributed by atoms with E-state index in [0.717, 1.165) is 19.4 Å². The number of carbonyl (C=O) groups excluding carboxylic acids is 2. The van der Waals surface area contributed by atoms with E-state index in [-0.39, 0.29) is 11.7 Å². The zero-order valence-electron chi connectivity index (χ0n) is 15.0. The number of hydrogen-bond donors (Lipinski definition) is 2. The molecule has 1 amide bonds. The molecule has 0 aromatic carbocycles. The highest BCUT2D eigenvalue weighted by Gasteiger charge is 2.31. The Labute approximate surface area is 134 Å². The molecular formula is C16H32N4O2. The number of azo groups is 1. The molecule has 6 nitrogen and oxygen atoms in total. The normalized spacial score (nSPS) is 12.6. The molecule has 0 atom stereocenters. The molecule has 0 heterocycles. The van der Waals surface area contributed by atoms with Crippen molar-refractivity contribution in [1.82, 2.24) is 10.6 Å². The standard InChI is InChI=1S/C16H32N4O2/c1-7-9-11-18-14(22)16(5,6)20-19-15(3,4)13(21)10-12-17-8-2/h17H,7-12H2,1-6H3,(H,18,22). The Morgan fingerprint density at radius 2 is 1.55 bits per heavy atom. The maximum Gasteiger partial charge on any atom is 0.249 e. The van der Waals surface area contributed by atoms with Crippen molar-refractivity contribution in [3.63, 3.8) is 0 Å². The van der Waals surface area contributed by atoms with Gasteiger partial charge in [-0.25, -0.2) is 0 Å². The first-order valence-corrected chi connectivity index (χ1v) is 8.13. The van der Waals surface area contributed by atoms with Crippen LogP contribution in [0.15, 0.2) is 10.2 Å². The lowest BCUT2D eigenvalue weighted by molar-refractivity contribution is -0.126. The second-order valence-corrected chi connectivity index (χ2v) is 6.45. The van der Waals surface area contributed by atoms with Gasteiger partial charge >= 0.3 is 0 Å². The Hall–Kier alpha value is -1.30. The van der Waals surface area contributed by atoms with E-state index in [1.807, 2.05) is 6.92 Å². The Bertz CT molecular complexity index is 354. The summed E-state index contributed by atoms with van der Waals surface area (Å²) in [6.07, 6.45) is 2.37. The minimum atomic E-state index is -0.965. The Morgan fingerprint density at radius 1 is 0.955 bits per heavy atom. The minimum Gasteiger partial charge on any atom is -0.354 e. The summed E-state index contributed by atoms with van der Waals surface area (Å²) in [5.74, 6) is -0.153. The largest absolute Gasteiger partial charge is 0.354 e. The first-order valence-electron chi connectivity index (χ1n) is 8.13. The summed E-state index contributed by atoms with van der Waals surface area (Å²) in [6, 6.07) is 0. The van der Waals surface area contributed by atoms with Gasteiger partial charge in [-0.15, -0.1) is 0 Å². The van der Waals surface area contributed by atoms with Crippen molar-refractivity contribution in [3.8, 4) is 0 Å². The van der Waals surface area contributed by atoms with Crippen LogP contribution in [0.3, 0.4) is 0 Å². The highest BCUT2D eigenvalue weighted by atomic mass is 16.2. The fourth-order valence-electron chi connectivity index (χ4n) is 1.63. The van der Waals surface area contributed by atoms with Gasteiger partial charge in [0.1, 0.15) is 5.54 Å². The van der Waals surface area contributed by atoms with Crippen molar-refractivity contribution in [3.05, 3.63) is 0 Å². The topological polar surface area (TPSA) is 82.9 Å². The number of rotatable bonds is 11. The number of ketones is 1. The van der Waals surface area contributed by atoms with Gasteiger partial charge in [-0.05, 0) is 40.7 Å². The van der Waals surface area contributed by atoms with Crippen molar-refractivity contribution in [2.24, 2.45) is 10.2 Å². The summed E-state index contributed by atoms with van der Waals surface area (Å²) in [5, 5.41) is 14.2. The maximum atomic E-state index is 12.1. The van der Waals surface area contributed by atoms with E-state index in [0.29, 0.717) is 19.5 Å². The third-order valence-electron chi connectivity index (χ3n) is 3.38. The SMILES string of the molecule is CCCCNC(=O)C(C)(C)N=NC(C)(C)C(=O)CCNCC. The van der Waals surface area contributed by atoms with Gasteiger partial charge in [0.25, 0.3) is 0 Å². The number of nitrogens with zero attached hydrogens (tertiary/aromatic N) is 2. The number of hydrogen-bond acceptors (Lipinski definition) is 5. The molecule has 22 heavy (non-hydrogen) atoms. The molecule has 0 rings (SSSR count). The second kappa shape index (κ2) is 9.66. The lowest BCUT2D eigenvalue weighted by Crippen LogP contribution is -2.41. The van der Waals surface area contributed by atoms with Gasteiger partial charge < -0.3 is 10.6 Å². The highest BCUT2D eigenvalue weighted by molar-refractivity contribution is 5.88. The predicted octanol–water partition coefficient (Wildman–Crippen LogP) is 2.48. The van der Waals surface area contributed by atoms with Crippen LogP contribution in [-0.4, -0.2) is 42.4 Å². The van der Waals surface area contributed by atoms with Crippen LogP contribution in [0.25, 0.3) is 0 Å². The monoisotopic (exact) mass is 312 g/mol. The summed E-state index contributed by atoms with van der Waals surface area (Å²) >= 11 is 0. The summed E-state index contributed by atoms with van der Waals surface area (Å²) in [6.45, 7) is 13.0. The molecule has 0 bridgehead atoms. The lowest BCUT2D eigenvalue weighted by Gasteiger charge is -2.22. The summed E-state index contributed by atoms with van der Waals surface area (Å²) in [7, 11) is 0. The number of unbranched alkanes of at least 4 members (excludes halogenated alkanes) is 1. The Morgan fingerprint density at radius 3 is 2.09 bits per heavy atom. The van der Waals surface area contributed by atoms with Crippen LogP contribution in [0.1, 0.15) is 60.8 Å². The molecule has 0 radical (unpaired) electrons. The van der Waals surface area contributed by atoms with E-state index in [4.69, 9.17) is 0 Å². The van der Waals surface area contributed by atoms with Gasteiger partial charge in [0.2, 0.25) is 5.91 Å². The average Bonchev–Trinajstić information content (AvgIpc) is 2.45. The van der Waals surface area contributed by atoms with Crippen LogP contribution < -0.4 is 10.6 Å². The highest BCUT2D eigenvalue weighted by Crippen LogP contribution is 2.18. The molecule has 0 aromatic heterocycles. The molecule has 0 aliphatic carbocycles. The van der Waals surface area contributed by atoms with E-state index in [2.05, 4.69) is 27.8 Å². The molecule has 2 N–H and O–H groups in total. The van der Waals surface area contributed by atoms with Crippen molar-refractivity contribution in [2.75, 3.05) is 19.6 Å². The first-order chi connectivity index (χ1) is 10.2. The van der Waals surface area contributed by atoms with Gasteiger partial charge in [-0.1, -0.05) is 20.3 Å². The van der Waals surface area contributed by atoms with Gasteiger partial charge in [-0.2, -0.15) is 10.2 Å². The minimum absolute atomic E-state index is 0.0133. The fourth-order valence-corrected chi connectivity index (χ4v) is 1.63. The van der Waals surface area contributed by atoms with Crippen LogP contribution in [0.4, 0.5) is 0 Å². The molecule has 128 valence electrons. The molecule has 0 spiro atoms. The summed E-state index contributed by atoms with van der Waals surface area (Å²) in [4.78, 5) is 24.2. The summed E-state index contributed by atoms with van der Waals surface area (Å²) < 4.78 is 0. The molecule has 6 heteroatoms. The molecule has 0 fully saturated rings. The van der Waals surface area contributed by atoms with E-state index < -0.39 is 11.1 Å². The average molecular weight is 312 g/mol. The van der Waals surface area contributed by atoms with Crippen LogP contribution in [0.2, 0.25) is 0 Å². The van der Waals surface area contributed by atoms with Crippen LogP contribution >= 0.6 is 0 Å². The van der Waals surface area contributed by atoms with Crippen molar-refractivity contribution >= 4 is 11.7 Å². The number of amides is 1. The first kappa shape index (κ1) is 20.7. The van der Waals surface area contributed by atoms with E-state index >= 15 is 0 Å². The molecule has 0 aliphatic heterocycles. The molecule has 0 saturated heterocycles. The van der Waals surface area contributed by atoms with Gasteiger partial charge in [0.15, 0.2) is 11.3 Å². The molecule has 0 saturated carbocycles. The quantitative estimate of drug-likeness (QED) is 0.454. The predicted molar refractivity (Wildman–Crippen MR) is 89.1 cm³/mol. The van der Waals surface area contributed by atoms with E-state index in [1.165, 1.54) is 0 Å². The number of Topliss-reactive ketones (excluding diaryl/α,β-unsaturated/α-hetero) is 1. The summed E-state index contributed by atoms with van der Waals surface area (Å²) in [5.41, 5.74) is -1.87.